The summed E-state index contributed by atoms with van der Waals surface area (Å²) in [7, 11) is 0. The van der Waals surface area contributed by atoms with Gasteiger partial charge in [0.15, 0.2) is 11.5 Å². The van der Waals surface area contributed by atoms with Crippen LogP contribution in [-0.4, -0.2) is 111 Å². The zero-order valence-corrected chi connectivity index (χ0v) is 26.5. The highest BCUT2D eigenvalue weighted by atomic mass is 16.5. The Morgan fingerprint density at radius 3 is 2.32 bits per heavy atom. The molecule has 0 saturated carbocycles. The Morgan fingerprint density at radius 1 is 0.957 bits per heavy atom. The second kappa shape index (κ2) is 13.9. The number of phenolic OH excluding ortho intramolecular Hbond substituents is 2. The SMILES string of the molecule is CC(C)c1cc(-c2onc(C(=O)N3CCN(c4ncc(C(=O)NO)cn4)CC3)c2C2=CC=C(CN3CCOCC3)CC2)c(O)cc1O. The maximum absolute atomic E-state index is 14.1. The summed E-state index contributed by atoms with van der Waals surface area (Å²) in [5, 5.41) is 34.6. The lowest BCUT2D eigenvalue weighted by Crippen LogP contribution is -2.49. The van der Waals surface area contributed by atoms with E-state index in [4.69, 9.17) is 14.5 Å². The predicted octanol–water partition coefficient (Wildman–Crippen LogP) is 3.18. The molecule has 248 valence electrons. The van der Waals surface area contributed by atoms with Crippen molar-refractivity contribution >= 4 is 23.3 Å². The molecular formula is C33H39N7O7. The van der Waals surface area contributed by atoms with E-state index in [9.17, 15) is 19.8 Å². The molecule has 2 saturated heterocycles. The first kappa shape index (κ1) is 32.2. The fourth-order valence-corrected chi connectivity index (χ4v) is 6.15. The number of benzene rings is 1. The number of ether oxygens (including phenoxy) is 1. The lowest BCUT2D eigenvalue weighted by Gasteiger charge is -2.34. The monoisotopic (exact) mass is 645 g/mol. The van der Waals surface area contributed by atoms with E-state index in [1.165, 1.54) is 24.0 Å². The normalized spacial score (nSPS) is 17.4. The van der Waals surface area contributed by atoms with Crippen molar-refractivity contribution in [3.63, 3.8) is 0 Å². The van der Waals surface area contributed by atoms with Crippen molar-refractivity contribution in [1.29, 1.82) is 0 Å². The first-order valence-electron chi connectivity index (χ1n) is 15.8. The van der Waals surface area contributed by atoms with Crippen molar-refractivity contribution in [2.24, 2.45) is 0 Å². The fourth-order valence-electron chi connectivity index (χ4n) is 6.15. The van der Waals surface area contributed by atoms with Crippen LogP contribution in [0.1, 0.15) is 64.6 Å². The summed E-state index contributed by atoms with van der Waals surface area (Å²) in [4.78, 5) is 40.1. The van der Waals surface area contributed by atoms with Gasteiger partial charge in [-0.3, -0.25) is 19.7 Å². The molecule has 0 unspecified atom stereocenters. The summed E-state index contributed by atoms with van der Waals surface area (Å²) in [5.41, 5.74) is 5.56. The van der Waals surface area contributed by atoms with Crippen LogP contribution < -0.4 is 10.4 Å². The molecule has 3 aromatic rings. The van der Waals surface area contributed by atoms with Crippen LogP contribution in [0.25, 0.3) is 16.9 Å². The summed E-state index contributed by atoms with van der Waals surface area (Å²) >= 11 is 0. The number of morpholine rings is 1. The van der Waals surface area contributed by atoms with Crippen molar-refractivity contribution < 1.29 is 34.3 Å². The predicted molar refractivity (Wildman–Crippen MR) is 171 cm³/mol. The molecule has 3 aliphatic rings. The number of carbonyl (C=O) groups is 2. The maximum atomic E-state index is 14.1. The number of aromatic hydroxyl groups is 2. The summed E-state index contributed by atoms with van der Waals surface area (Å²) in [6.07, 6.45) is 8.24. The molecule has 4 heterocycles. The molecule has 2 aromatic heterocycles. The molecule has 0 spiro atoms. The number of nitrogens with zero attached hydrogens (tertiary/aromatic N) is 6. The summed E-state index contributed by atoms with van der Waals surface area (Å²) in [5.74, 6) is -0.511. The van der Waals surface area contributed by atoms with Crippen molar-refractivity contribution in [3.05, 3.63) is 64.6 Å². The average molecular weight is 646 g/mol. The van der Waals surface area contributed by atoms with Crippen LogP contribution in [-0.2, 0) is 4.74 Å². The zero-order chi connectivity index (χ0) is 33.1. The largest absolute Gasteiger partial charge is 0.508 e. The van der Waals surface area contributed by atoms with Gasteiger partial charge in [-0.2, -0.15) is 0 Å². The first-order chi connectivity index (χ1) is 22.7. The van der Waals surface area contributed by atoms with Gasteiger partial charge in [0.05, 0.1) is 29.9 Å². The highest BCUT2D eigenvalue weighted by Crippen LogP contribution is 2.43. The minimum Gasteiger partial charge on any atom is -0.508 e. The molecule has 0 radical (unpaired) electrons. The van der Waals surface area contributed by atoms with E-state index in [1.54, 1.807) is 16.4 Å². The Labute approximate surface area is 271 Å². The minimum absolute atomic E-state index is 0.0145. The standard InChI is InChI=1S/C33H39N7O7/c1-20(2)24-15-25(27(42)16-26(24)41)30-28(22-5-3-21(4-6-22)19-38-11-13-46-14-12-38)29(37-47-30)32(44)39-7-9-40(10-8-39)33-34-17-23(18-35-33)31(43)36-45/h3,5,15-18,20,41-42,45H,4,6-14,19H2,1-2H3,(H,36,43). The van der Waals surface area contributed by atoms with Crippen LogP contribution in [0, 0.1) is 0 Å². The van der Waals surface area contributed by atoms with Gasteiger partial charge in [0.1, 0.15) is 11.5 Å². The van der Waals surface area contributed by atoms with Gasteiger partial charge >= 0.3 is 0 Å². The van der Waals surface area contributed by atoms with E-state index < -0.39 is 5.91 Å². The Bertz CT molecular complexity index is 1690. The lowest BCUT2D eigenvalue weighted by atomic mass is 9.89. The zero-order valence-electron chi connectivity index (χ0n) is 26.5. The van der Waals surface area contributed by atoms with E-state index in [2.05, 4.69) is 26.1 Å². The van der Waals surface area contributed by atoms with E-state index >= 15 is 0 Å². The first-order valence-corrected chi connectivity index (χ1v) is 15.8. The number of piperazine rings is 1. The van der Waals surface area contributed by atoms with Gasteiger partial charge in [-0.25, -0.2) is 15.4 Å². The lowest BCUT2D eigenvalue weighted by molar-refractivity contribution is 0.0419. The minimum atomic E-state index is -0.701. The number of nitrogens with one attached hydrogen (secondary N) is 1. The van der Waals surface area contributed by atoms with Crippen LogP contribution in [0.15, 0.2) is 46.8 Å². The number of phenols is 2. The number of rotatable bonds is 8. The van der Waals surface area contributed by atoms with E-state index in [0.29, 0.717) is 55.2 Å². The molecule has 4 N–H and O–H groups in total. The van der Waals surface area contributed by atoms with Crippen LogP contribution in [0.5, 0.6) is 11.5 Å². The number of hydrogen-bond acceptors (Lipinski definition) is 12. The van der Waals surface area contributed by atoms with Crippen LogP contribution >= 0.6 is 0 Å². The highest BCUT2D eigenvalue weighted by molar-refractivity contribution is 6.01. The number of hydrogen-bond donors (Lipinski definition) is 4. The molecule has 14 nitrogen and oxygen atoms in total. The van der Waals surface area contributed by atoms with Gasteiger partial charge < -0.3 is 29.3 Å². The summed E-state index contributed by atoms with van der Waals surface area (Å²) in [6.45, 7) is 9.64. The number of allylic oxidation sites excluding steroid dienone is 3. The molecule has 47 heavy (non-hydrogen) atoms. The van der Waals surface area contributed by atoms with Gasteiger partial charge in [0.2, 0.25) is 5.95 Å². The molecule has 6 rings (SSSR count). The molecule has 0 bridgehead atoms. The highest BCUT2D eigenvalue weighted by Gasteiger charge is 2.33. The van der Waals surface area contributed by atoms with Crippen molar-refractivity contribution in [2.45, 2.75) is 32.6 Å². The Morgan fingerprint density at radius 2 is 1.68 bits per heavy atom. The fraction of sp³-hybridized carbons (Fsp3) is 0.424. The molecule has 2 fully saturated rings. The van der Waals surface area contributed by atoms with Gasteiger partial charge in [-0.15, -0.1) is 0 Å². The average Bonchev–Trinajstić information content (AvgIpc) is 3.53. The molecule has 14 heteroatoms. The molecule has 0 atom stereocenters. The van der Waals surface area contributed by atoms with Crippen LogP contribution in [0.2, 0.25) is 0 Å². The Kier molecular flexibility index (Phi) is 9.52. The third-order valence-electron chi connectivity index (χ3n) is 8.85. The quantitative estimate of drug-likeness (QED) is 0.208. The summed E-state index contributed by atoms with van der Waals surface area (Å²) < 4.78 is 11.4. The van der Waals surface area contributed by atoms with Crippen LogP contribution in [0.4, 0.5) is 5.95 Å². The molecule has 1 aromatic carbocycles. The number of carbonyl (C=O) groups excluding carboxylic acids is 2. The second-order valence-corrected chi connectivity index (χ2v) is 12.2. The van der Waals surface area contributed by atoms with E-state index in [0.717, 1.165) is 44.8 Å². The Hall–Kier alpha value is -4.79. The van der Waals surface area contributed by atoms with E-state index in [-0.39, 0.29) is 40.3 Å². The molecule has 1 aliphatic carbocycles. The number of amides is 2. The van der Waals surface area contributed by atoms with Crippen molar-refractivity contribution in [3.8, 4) is 22.8 Å². The number of aromatic nitrogens is 3. The summed E-state index contributed by atoms with van der Waals surface area (Å²) in [6, 6.07) is 3.00. The topological polar surface area (TPSA) is 178 Å². The van der Waals surface area contributed by atoms with Crippen LogP contribution in [0.3, 0.4) is 0 Å². The van der Waals surface area contributed by atoms with E-state index in [1.807, 2.05) is 24.8 Å². The third-order valence-corrected chi connectivity index (χ3v) is 8.85. The molecular weight excluding hydrogens is 606 g/mol. The Balaban J connectivity index is 1.28. The van der Waals surface area contributed by atoms with Gasteiger partial charge in [0, 0.05) is 64.3 Å². The van der Waals surface area contributed by atoms with Gasteiger partial charge in [0.25, 0.3) is 11.8 Å². The van der Waals surface area contributed by atoms with Gasteiger partial charge in [-0.1, -0.05) is 36.7 Å². The molecule has 2 amide bonds. The van der Waals surface area contributed by atoms with Gasteiger partial charge in [-0.05, 0) is 36.0 Å². The third kappa shape index (κ3) is 6.84. The second-order valence-electron chi connectivity index (χ2n) is 12.2. The smallest absolute Gasteiger partial charge is 0.277 e. The number of anilines is 1. The van der Waals surface area contributed by atoms with Crippen molar-refractivity contribution in [2.75, 3.05) is 63.9 Å². The molecule has 2 aliphatic heterocycles. The van der Waals surface area contributed by atoms with Crippen molar-refractivity contribution in [1.82, 2.24) is 30.4 Å². The number of hydroxylamine groups is 1. The maximum Gasteiger partial charge on any atom is 0.277 e.